The summed E-state index contributed by atoms with van der Waals surface area (Å²) in [5.41, 5.74) is 5.50. The van der Waals surface area contributed by atoms with Crippen molar-refractivity contribution >= 4 is 58.0 Å². The summed E-state index contributed by atoms with van der Waals surface area (Å²) in [6.07, 6.45) is 0. The standard InChI is InChI=1S/C29H41N5O4S3/c1-6-39-24-16-20(3)30-28(40-7-2)26(24)32-25(35)17-34-12-10-33(11-13-34)14-15-41-29-31-23-9-8-21(18-36-4)22(19-37-5)27(23)38-29/h8-9,16H,6-7,10-15,17-19H2,1-5H3,(H,32,35). The Labute approximate surface area is 255 Å². The van der Waals surface area contributed by atoms with E-state index < -0.39 is 0 Å². The monoisotopic (exact) mass is 619 g/mol. The smallest absolute Gasteiger partial charge is 0.256 e. The van der Waals surface area contributed by atoms with Crippen LogP contribution >= 0.6 is 35.3 Å². The van der Waals surface area contributed by atoms with Crippen LogP contribution in [0.1, 0.15) is 30.7 Å². The molecule has 1 amide bonds. The van der Waals surface area contributed by atoms with Gasteiger partial charge in [-0.3, -0.25) is 14.6 Å². The van der Waals surface area contributed by atoms with Crippen LogP contribution in [0.25, 0.3) is 11.1 Å². The SMILES string of the molecule is CCSc1cc(C)nc(SCC)c1NC(=O)CN1CCN(CCSc2nc3ccc(COC)c(COC)c3o2)CC1. The van der Waals surface area contributed by atoms with E-state index in [4.69, 9.17) is 18.9 Å². The molecule has 0 radical (unpaired) electrons. The van der Waals surface area contributed by atoms with Gasteiger partial charge in [0.1, 0.15) is 10.5 Å². The first-order valence-corrected chi connectivity index (χ1v) is 16.9. The Morgan fingerprint density at radius 3 is 2.44 bits per heavy atom. The number of rotatable bonds is 15. The number of thioether (sulfide) groups is 3. The number of piperazine rings is 1. The van der Waals surface area contributed by atoms with Crippen LogP contribution in [0.5, 0.6) is 0 Å². The van der Waals surface area contributed by atoms with Gasteiger partial charge in [0.2, 0.25) is 5.91 Å². The lowest BCUT2D eigenvalue weighted by atomic mass is 10.1. The molecule has 1 saturated heterocycles. The Balaban J connectivity index is 1.25. The molecule has 1 aliphatic rings. The summed E-state index contributed by atoms with van der Waals surface area (Å²) in [6.45, 7) is 12.1. The van der Waals surface area contributed by atoms with E-state index in [2.05, 4.69) is 40.0 Å². The Morgan fingerprint density at radius 1 is 1.00 bits per heavy atom. The van der Waals surface area contributed by atoms with Crippen molar-refractivity contribution in [2.45, 2.75) is 49.1 Å². The molecule has 224 valence electrons. The molecule has 3 heterocycles. The van der Waals surface area contributed by atoms with Crippen LogP contribution in [-0.4, -0.2) is 96.4 Å². The molecule has 1 aromatic carbocycles. The number of hydrogen-bond donors (Lipinski definition) is 1. The number of nitrogens with zero attached hydrogens (tertiary/aromatic N) is 4. The zero-order valence-electron chi connectivity index (χ0n) is 24.7. The number of hydrogen-bond acceptors (Lipinski definition) is 11. The number of aromatic nitrogens is 2. The van der Waals surface area contributed by atoms with Gasteiger partial charge in [0.15, 0.2) is 5.58 Å². The third-order valence-electron chi connectivity index (χ3n) is 6.71. The first-order chi connectivity index (χ1) is 19.9. The van der Waals surface area contributed by atoms with Crippen molar-refractivity contribution in [1.82, 2.24) is 19.8 Å². The molecule has 3 aromatic rings. The van der Waals surface area contributed by atoms with E-state index >= 15 is 0 Å². The van der Waals surface area contributed by atoms with E-state index in [9.17, 15) is 4.79 Å². The number of methoxy groups -OCH3 is 2. The van der Waals surface area contributed by atoms with Gasteiger partial charge in [0.05, 0.1) is 25.4 Å². The van der Waals surface area contributed by atoms with E-state index in [1.807, 2.05) is 19.1 Å². The molecule has 0 aliphatic carbocycles. The number of pyridine rings is 1. The number of carbonyl (C=O) groups is 1. The molecule has 1 aliphatic heterocycles. The molecule has 0 unspecified atom stereocenters. The lowest BCUT2D eigenvalue weighted by Gasteiger charge is -2.34. The summed E-state index contributed by atoms with van der Waals surface area (Å²) < 4.78 is 16.9. The van der Waals surface area contributed by atoms with E-state index in [0.29, 0.717) is 25.0 Å². The maximum atomic E-state index is 13.0. The number of fused-ring (bicyclic) bond motifs is 1. The molecular formula is C29H41N5O4S3. The van der Waals surface area contributed by atoms with Gasteiger partial charge in [-0.05, 0) is 36.1 Å². The molecule has 12 heteroatoms. The molecule has 0 bridgehead atoms. The molecular weight excluding hydrogens is 579 g/mol. The van der Waals surface area contributed by atoms with Gasteiger partial charge in [0.25, 0.3) is 5.22 Å². The number of oxazole rings is 1. The summed E-state index contributed by atoms with van der Waals surface area (Å²) >= 11 is 5.05. The van der Waals surface area contributed by atoms with Crippen LogP contribution in [0.15, 0.2) is 37.8 Å². The second-order valence-electron chi connectivity index (χ2n) is 9.72. The highest BCUT2D eigenvalue weighted by Crippen LogP contribution is 2.35. The van der Waals surface area contributed by atoms with Gasteiger partial charge in [-0.15, -0.1) is 23.5 Å². The molecule has 1 fully saturated rings. The minimum atomic E-state index is 0.0213. The van der Waals surface area contributed by atoms with E-state index in [1.165, 1.54) is 0 Å². The number of amides is 1. The minimum Gasteiger partial charge on any atom is -0.431 e. The average Bonchev–Trinajstić information content (AvgIpc) is 3.36. The molecule has 9 nitrogen and oxygen atoms in total. The van der Waals surface area contributed by atoms with Crippen LogP contribution < -0.4 is 5.32 Å². The van der Waals surface area contributed by atoms with E-state index in [1.54, 1.807) is 49.5 Å². The average molecular weight is 620 g/mol. The Kier molecular flexibility index (Phi) is 12.7. The fraction of sp³-hybridized carbons (Fsp3) is 0.552. The van der Waals surface area contributed by atoms with E-state index in [0.717, 1.165) is 93.5 Å². The number of benzene rings is 1. The Hall–Kier alpha value is -1.80. The summed E-state index contributed by atoms with van der Waals surface area (Å²) in [6, 6.07) is 6.08. The summed E-state index contributed by atoms with van der Waals surface area (Å²) in [7, 11) is 3.37. The Morgan fingerprint density at radius 2 is 1.73 bits per heavy atom. The van der Waals surface area contributed by atoms with Crippen molar-refractivity contribution < 1.29 is 18.7 Å². The van der Waals surface area contributed by atoms with Gasteiger partial charge in [-0.2, -0.15) is 0 Å². The van der Waals surface area contributed by atoms with E-state index in [-0.39, 0.29) is 5.91 Å². The third kappa shape index (κ3) is 8.85. The van der Waals surface area contributed by atoms with Crippen molar-refractivity contribution in [3.05, 3.63) is 35.0 Å². The molecule has 4 rings (SSSR count). The number of aryl methyl sites for hydroxylation is 1. The van der Waals surface area contributed by atoms with Gasteiger partial charge >= 0.3 is 0 Å². The maximum Gasteiger partial charge on any atom is 0.256 e. The van der Waals surface area contributed by atoms with Crippen molar-refractivity contribution in [1.29, 1.82) is 0 Å². The highest BCUT2D eigenvalue weighted by molar-refractivity contribution is 8.00. The van der Waals surface area contributed by atoms with Gasteiger partial charge in [0, 0.05) is 68.8 Å². The number of ether oxygens (including phenoxy) is 2. The van der Waals surface area contributed by atoms with Crippen molar-refractivity contribution in [2.75, 3.05) is 76.1 Å². The second-order valence-corrected chi connectivity index (χ2v) is 13.3. The van der Waals surface area contributed by atoms with Crippen LogP contribution in [0, 0.1) is 6.92 Å². The highest BCUT2D eigenvalue weighted by Gasteiger charge is 2.21. The first kappa shape index (κ1) is 32.1. The minimum absolute atomic E-state index is 0.0213. The topological polar surface area (TPSA) is 93.0 Å². The van der Waals surface area contributed by atoms with Crippen molar-refractivity contribution in [3.8, 4) is 0 Å². The lowest BCUT2D eigenvalue weighted by molar-refractivity contribution is -0.117. The van der Waals surface area contributed by atoms with Crippen molar-refractivity contribution in [3.63, 3.8) is 0 Å². The molecule has 2 aromatic heterocycles. The fourth-order valence-electron chi connectivity index (χ4n) is 4.78. The van der Waals surface area contributed by atoms with Gasteiger partial charge in [-0.25, -0.2) is 9.97 Å². The first-order valence-electron chi connectivity index (χ1n) is 14.0. The molecule has 0 saturated carbocycles. The highest BCUT2D eigenvalue weighted by atomic mass is 32.2. The number of anilines is 1. The molecule has 0 atom stereocenters. The normalized spacial score (nSPS) is 14.7. The second kappa shape index (κ2) is 16.2. The predicted molar refractivity (Wildman–Crippen MR) is 169 cm³/mol. The summed E-state index contributed by atoms with van der Waals surface area (Å²) in [4.78, 5) is 28.2. The number of carbonyl (C=O) groups excluding carboxylic acids is 1. The zero-order valence-corrected chi connectivity index (χ0v) is 27.1. The maximum absolute atomic E-state index is 13.0. The Bertz CT molecular complexity index is 1270. The third-order valence-corrected chi connectivity index (χ3v) is 9.30. The largest absolute Gasteiger partial charge is 0.431 e. The van der Waals surface area contributed by atoms with Crippen LogP contribution in [0.2, 0.25) is 0 Å². The molecule has 1 N–H and O–H groups in total. The molecule has 0 spiro atoms. The predicted octanol–water partition coefficient (Wildman–Crippen LogP) is 5.40. The molecule has 41 heavy (non-hydrogen) atoms. The van der Waals surface area contributed by atoms with Crippen LogP contribution in [-0.2, 0) is 27.5 Å². The summed E-state index contributed by atoms with van der Waals surface area (Å²) in [5.74, 6) is 2.76. The van der Waals surface area contributed by atoms with Crippen molar-refractivity contribution in [2.24, 2.45) is 0 Å². The van der Waals surface area contributed by atoms with Gasteiger partial charge < -0.3 is 19.2 Å². The zero-order chi connectivity index (χ0) is 29.2. The summed E-state index contributed by atoms with van der Waals surface area (Å²) in [5, 5.41) is 4.77. The number of nitrogens with one attached hydrogen (secondary N) is 1. The quantitative estimate of drug-likeness (QED) is 0.222. The van der Waals surface area contributed by atoms with Crippen LogP contribution in [0.3, 0.4) is 0 Å². The lowest BCUT2D eigenvalue weighted by Crippen LogP contribution is -2.49. The fourth-order valence-corrected chi connectivity index (χ4v) is 7.32. The van der Waals surface area contributed by atoms with Gasteiger partial charge in [-0.1, -0.05) is 31.7 Å². The van der Waals surface area contributed by atoms with Crippen LogP contribution in [0.4, 0.5) is 5.69 Å².